The van der Waals surface area contributed by atoms with E-state index in [1.165, 1.54) is 18.3 Å². The second-order valence-corrected chi connectivity index (χ2v) is 4.87. The van der Waals surface area contributed by atoms with E-state index in [4.69, 9.17) is 4.74 Å². The molecule has 110 valence electrons. The number of ether oxygens (including phenoxy) is 1. The van der Waals surface area contributed by atoms with Gasteiger partial charge in [0.2, 0.25) is 0 Å². The van der Waals surface area contributed by atoms with Crippen LogP contribution in [-0.4, -0.2) is 22.5 Å². The standard InChI is InChI=1S/C16H17FN2O2/c1-4-21-16(20)13-9-18-15(19-14(13)10(2)3)11-5-7-12(17)8-6-11/h5-10H,4H2,1-3H3. The number of aromatic nitrogens is 2. The van der Waals surface area contributed by atoms with E-state index in [1.807, 2.05) is 13.8 Å². The SMILES string of the molecule is CCOC(=O)c1cnc(-c2ccc(F)cc2)nc1C(C)C. The van der Waals surface area contributed by atoms with Gasteiger partial charge >= 0.3 is 5.97 Å². The molecule has 1 aromatic heterocycles. The lowest BCUT2D eigenvalue weighted by atomic mass is 10.0. The van der Waals surface area contributed by atoms with E-state index in [-0.39, 0.29) is 11.7 Å². The minimum atomic E-state index is -0.424. The first-order chi connectivity index (χ1) is 10.0. The van der Waals surface area contributed by atoms with Gasteiger partial charge in [-0.2, -0.15) is 0 Å². The quantitative estimate of drug-likeness (QED) is 0.807. The lowest BCUT2D eigenvalue weighted by Gasteiger charge is -2.12. The third-order valence-corrected chi connectivity index (χ3v) is 2.96. The highest BCUT2D eigenvalue weighted by atomic mass is 19.1. The highest BCUT2D eigenvalue weighted by Gasteiger charge is 2.18. The molecule has 2 rings (SSSR count). The van der Waals surface area contributed by atoms with Crippen LogP contribution in [0.15, 0.2) is 30.5 Å². The fourth-order valence-electron chi connectivity index (χ4n) is 1.94. The fraction of sp³-hybridized carbons (Fsp3) is 0.312. The predicted molar refractivity (Wildman–Crippen MR) is 77.5 cm³/mol. The molecule has 0 saturated carbocycles. The molecular weight excluding hydrogens is 271 g/mol. The first kappa shape index (κ1) is 15.1. The summed E-state index contributed by atoms with van der Waals surface area (Å²) in [4.78, 5) is 20.5. The summed E-state index contributed by atoms with van der Waals surface area (Å²) in [5, 5.41) is 0. The molecule has 0 radical (unpaired) electrons. The molecule has 0 bridgehead atoms. The summed E-state index contributed by atoms with van der Waals surface area (Å²) < 4.78 is 18.0. The maximum absolute atomic E-state index is 13.0. The molecule has 0 unspecified atom stereocenters. The molecule has 0 N–H and O–H groups in total. The van der Waals surface area contributed by atoms with E-state index >= 15 is 0 Å². The van der Waals surface area contributed by atoms with Crippen LogP contribution in [0.5, 0.6) is 0 Å². The number of hydrogen-bond acceptors (Lipinski definition) is 4. The zero-order chi connectivity index (χ0) is 15.4. The Labute approximate surface area is 123 Å². The molecular formula is C16H17FN2O2. The number of carbonyl (C=O) groups excluding carboxylic acids is 1. The van der Waals surface area contributed by atoms with Crippen LogP contribution in [0.25, 0.3) is 11.4 Å². The van der Waals surface area contributed by atoms with Gasteiger partial charge in [0.05, 0.1) is 17.9 Å². The highest BCUT2D eigenvalue weighted by molar-refractivity contribution is 5.90. The minimum Gasteiger partial charge on any atom is -0.462 e. The number of benzene rings is 1. The van der Waals surface area contributed by atoms with Crippen molar-refractivity contribution in [3.05, 3.63) is 47.5 Å². The van der Waals surface area contributed by atoms with E-state index < -0.39 is 5.97 Å². The van der Waals surface area contributed by atoms with E-state index in [1.54, 1.807) is 19.1 Å². The molecule has 0 fully saturated rings. The van der Waals surface area contributed by atoms with Crippen LogP contribution in [0, 0.1) is 5.82 Å². The van der Waals surface area contributed by atoms with Gasteiger partial charge in [-0.05, 0) is 37.1 Å². The van der Waals surface area contributed by atoms with Crippen LogP contribution in [0.3, 0.4) is 0 Å². The first-order valence-electron chi connectivity index (χ1n) is 6.83. The van der Waals surface area contributed by atoms with E-state index in [0.717, 1.165) is 0 Å². The number of nitrogens with zero attached hydrogens (tertiary/aromatic N) is 2. The highest BCUT2D eigenvalue weighted by Crippen LogP contribution is 2.22. The van der Waals surface area contributed by atoms with Crippen LogP contribution in [0.1, 0.15) is 42.7 Å². The molecule has 5 heteroatoms. The number of rotatable bonds is 4. The monoisotopic (exact) mass is 288 g/mol. The molecule has 0 amide bonds. The Morgan fingerprint density at radius 3 is 2.52 bits per heavy atom. The molecule has 0 aliphatic rings. The van der Waals surface area contributed by atoms with Crippen LogP contribution in [0.4, 0.5) is 4.39 Å². The maximum Gasteiger partial charge on any atom is 0.341 e. The average molecular weight is 288 g/mol. The smallest absolute Gasteiger partial charge is 0.341 e. The van der Waals surface area contributed by atoms with Gasteiger partial charge in [0.15, 0.2) is 5.82 Å². The van der Waals surface area contributed by atoms with Gasteiger partial charge in [-0.15, -0.1) is 0 Å². The largest absolute Gasteiger partial charge is 0.462 e. The van der Waals surface area contributed by atoms with Gasteiger partial charge in [-0.3, -0.25) is 0 Å². The summed E-state index contributed by atoms with van der Waals surface area (Å²) in [6.07, 6.45) is 1.47. The van der Waals surface area contributed by atoms with E-state index in [0.29, 0.717) is 29.3 Å². The molecule has 0 aliphatic heterocycles. The fourth-order valence-corrected chi connectivity index (χ4v) is 1.94. The summed E-state index contributed by atoms with van der Waals surface area (Å²) >= 11 is 0. The summed E-state index contributed by atoms with van der Waals surface area (Å²) in [5.74, 6) is -0.226. The number of hydrogen-bond donors (Lipinski definition) is 0. The topological polar surface area (TPSA) is 52.1 Å². The average Bonchev–Trinajstić information content (AvgIpc) is 2.47. The molecule has 0 spiro atoms. The Kier molecular flexibility index (Phi) is 4.62. The van der Waals surface area contributed by atoms with Crippen LogP contribution in [0.2, 0.25) is 0 Å². The normalized spacial score (nSPS) is 10.7. The molecule has 21 heavy (non-hydrogen) atoms. The molecule has 2 aromatic rings. The van der Waals surface area contributed by atoms with Crippen molar-refractivity contribution in [1.82, 2.24) is 9.97 Å². The van der Waals surface area contributed by atoms with Crippen molar-refractivity contribution in [1.29, 1.82) is 0 Å². The van der Waals surface area contributed by atoms with Crippen molar-refractivity contribution < 1.29 is 13.9 Å². The van der Waals surface area contributed by atoms with Crippen molar-refractivity contribution >= 4 is 5.97 Å². The second kappa shape index (κ2) is 6.43. The Morgan fingerprint density at radius 1 is 1.29 bits per heavy atom. The van der Waals surface area contributed by atoms with Crippen molar-refractivity contribution in [3.63, 3.8) is 0 Å². The number of halogens is 1. The zero-order valence-electron chi connectivity index (χ0n) is 12.3. The molecule has 1 aromatic carbocycles. The van der Waals surface area contributed by atoms with Gasteiger partial charge in [0.25, 0.3) is 0 Å². The number of esters is 1. The van der Waals surface area contributed by atoms with Crippen LogP contribution >= 0.6 is 0 Å². The van der Waals surface area contributed by atoms with Crippen LogP contribution < -0.4 is 0 Å². The van der Waals surface area contributed by atoms with Gasteiger partial charge in [0, 0.05) is 11.8 Å². The van der Waals surface area contributed by atoms with Gasteiger partial charge in [-0.1, -0.05) is 13.8 Å². The van der Waals surface area contributed by atoms with E-state index in [2.05, 4.69) is 9.97 Å². The zero-order valence-corrected chi connectivity index (χ0v) is 12.3. The van der Waals surface area contributed by atoms with Crippen molar-refractivity contribution in [2.45, 2.75) is 26.7 Å². The van der Waals surface area contributed by atoms with Gasteiger partial charge in [0.1, 0.15) is 5.82 Å². The molecule has 0 aliphatic carbocycles. The van der Waals surface area contributed by atoms with Crippen LogP contribution in [-0.2, 0) is 4.74 Å². The predicted octanol–water partition coefficient (Wildman–Crippen LogP) is 3.58. The molecule has 1 heterocycles. The molecule has 0 saturated heterocycles. The maximum atomic E-state index is 13.0. The van der Waals surface area contributed by atoms with E-state index in [9.17, 15) is 9.18 Å². The van der Waals surface area contributed by atoms with Gasteiger partial charge in [-0.25, -0.2) is 19.2 Å². The van der Waals surface area contributed by atoms with Crippen molar-refractivity contribution in [2.75, 3.05) is 6.61 Å². The molecule has 0 atom stereocenters. The first-order valence-corrected chi connectivity index (χ1v) is 6.83. The third kappa shape index (κ3) is 3.42. The Hall–Kier alpha value is -2.30. The van der Waals surface area contributed by atoms with Gasteiger partial charge < -0.3 is 4.74 Å². The summed E-state index contributed by atoms with van der Waals surface area (Å²) in [6, 6.07) is 5.93. The summed E-state index contributed by atoms with van der Waals surface area (Å²) in [6.45, 7) is 5.94. The second-order valence-electron chi connectivity index (χ2n) is 4.87. The third-order valence-electron chi connectivity index (χ3n) is 2.96. The molecule has 4 nitrogen and oxygen atoms in total. The van der Waals surface area contributed by atoms with Crippen molar-refractivity contribution in [2.24, 2.45) is 0 Å². The van der Waals surface area contributed by atoms with Crippen molar-refractivity contribution in [3.8, 4) is 11.4 Å². The number of carbonyl (C=O) groups is 1. The Bertz CT molecular complexity index is 639. The summed E-state index contributed by atoms with van der Waals surface area (Å²) in [7, 11) is 0. The lowest BCUT2D eigenvalue weighted by molar-refractivity contribution is 0.0523. The Balaban J connectivity index is 2.45. The minimum absolute atomic E-state index is 0.0478. The summed E-state index contributed by atoms with van der Waals surface area (Å²) in [5.41, 5.74) is 1.70. The lowest BCUT2D eigenvalue weighted by Crippen LogP contribution is -2.12. The Morgan fingerprint density at radius 2 is 1.95 bits per heavy atom.